The number of hydrogen-bond donors (Lipinski definition) is 2. The van der Waals surface area contributed by atoms with Crippen molar-refractivity contribution in [2.45, 2.75) is 12.5 Å². The SMILES string of the molecule is Nc1ccccc1C(=O)NCCCN1CCN(C(c2ccccc2)c2ccccc2)CC1. The van der Waals surface area contributed by atoms with Crippen molar-refractivity contribution in [3.8, 4) is 0 Å². The van der Waals surface area contributed by atoms with Crippen molar-refractivity contribution in [3.05, 3.63) is 102 Å². The first-order chi connectivity index (χ1) is 15.7. The third kappa shape index (κ3) is 5.55. The first kappa shape index (κ1) is 22.1. The van der Waals surface area contributed by atoms with E-state index in [0.29, 0.717) is 17.8 Å². The number of para-hydroxylation sites is 1. The summed E-state index contributed by atoms with van der Waals surface area (Å²) in [5.74, 6) is -0.0958. The van der Waals surface area contributed by atoms with Gasteiger partial charge in [-0.3, -0.25) is 9.69 Å². The van der Waals surface area contributed by atoms with Crippen LogP contribution in [0.2, 0.25) is 0 Å². The van der Waals surface area contributed by atoms with Gasteiger partial charge in [0.05, 0.1) is 11.6 Å². The summed E-state index contributed by atoms with van der Waals surface area (Å²) < 4.78 is 0. The van der Waals surface area contributed by atoms with Crippen LogP contribution in [-0.2, 0) is 0 Å². The molecule has 3 aromatic rings. The number of anilines is 1. The molecule has 0 aromatic heterocycles. The van der Waals surface area contributed by atoms with Gasteiger partial charge in [-0.15, -0.1) is 0 Å². The summed E-state index contributed by atoms with van der Waals surface area (Å²) in [7, 11) is 0. The summed E-state index contributed by atoms with van der Waals surface area (Å²) in [6, 6.07) is 29.0. The molecule has 1 aliphatic heterocycles. The van der Waals surface area contributed by atoms with Crippen LogP contribution in [0.3, 0.4) is 0 Å². The Balaban J connectivity index is 1.27. The minimum atomic E-state index is -0.0958. The van der Waals surface area contributed by atoms with E-state index in [4.69, 9.17) is 5.73 Å². The first-order valence-electron chi connectivity index (χ1n) is 11.4. The Kier molecular flexibility index (Phi) is 7.54. The van der Waals surface area contributed by atoms with E-state index in [0.717, 1.165) is 39.1 Å². The van der Waals surface area contributed by atoms with Crippen molar-refractivity contribution >= 4 is 11.6 Å². The standard InChI is InChI=1S/C27H32N4O/c28-25-15-8-7-14-24(25)27(32)29-16-9-17-30-18-20-31(21-19-30)26(22-10-3-1-4-11-22)23-12-5-2-6-13-23/h1-8,10-15,26H,9,16-21,28H2,(H,29,32). The van der Waals surface area contributed by atoms with Crippen molar-refractivity contribution in [2.24, 2.45) is 0 Å². The molecular formula is C27H32N4O. The smallest absolute Gasteiger partial charge is 0.253 e. The number of benzene rings is 3. The maximum atomic E-state index is 12.3. The normalized spacial score (nSPS) is 15.0. The van der Waals surface area contributed by atoms with Crippen LogP contribution in [0.5, 0.6) is 0 Å². The zero-order valence-electron chi connectivity index (χ0n) is 18.5. The fraction of sp³-hybridized carbons (Fsp3) is 0.296. The van der Waals surface area contributed by atoms with Crippen LogP contribution in [0.1, 0.15) is 33.9 Å². The molecule has 3 N–H and O–H groups in total. The van der Waals surface area contributed by atoms with Crippen molar-refractivity contribution in [1.82, 2.24) is 15.1 Å². The second-order valence-electron chi connectivity index (χ2n) is 8.30. The van der Waals surface area contributed by atoms with Gasteiger partial charge < -0.3 is 16.0 Å². The van der Waals surface area contributed by atoms with E-state index in [9.17, 15) is 4.79 Å². The lowest BCUT2D eigenvalue weighted by Gasteiger charge is -2.39. The lowest BCUT2D eigenvalue weighted by molar-refractivity contribution is 0.0942. The maximum Gasteiger partial charge on any atom is 0.253 e. The zero-order chi connectivity index (χ0) is 22.2. The molecule has 0 radical (unpaired) electrons. The predicted octanol–water partition coefficient (Wildman–Crippen LogP) is 3.80. The summed E-state index contributed by atoms with van der Waals surface area (Å²) in [5.41, 5.74) is 9.65. The van der Waals surface area contributed by atoms with Crippen LogP contribution in [0.15, 0.2) is 84.9 Å². The average Bonchev–Trinajstić information content (AvgIpc) is 2.84. The predicted molar refractivity (Wildman–Crippen MR) is 131 cm³/mol. The molecule has 0 unspecified atom stereocenters. The van der Waals surface area contributed by atoms with Crippen LogP contribution in [0.4, 0.5) is 5.69 Å². The molecule has 1 aliphatic rings. The Hall–Kier alpha value is -3.15. The monoisotopic (exact) mass is 428 g/mol. The minimum Gasteiger partial charge on any atom is -0.398 e. The van der Waals surface area contributed by atoms with Crippen molar-refractivity contribution in [1.29, 1.82) is 0 Å². The summed E-state index contributed by atoms with van der Waals surface area (Å²) in [6.45, 7) is 5.78. The Morgan fingerprint density at radius 1 is 0.812 bits per heavy atom. The topological polar surface area (TPSA) is 61.6 Å². The summed E-state index contributed by atoms with van der Waals surface area (Å²) in [5, 5.41) is 2.99. The van der Waals surface area contributed by atoms with Crippen LogP contribution < -0.4 is 11.1 Å². The van der Waals surface area contributed by atoms with Gasteiger partial charge in [0, 0.05) is 38.4 Å². The highest BCUT2D eigenvalue weighted by molar-refractivity contribution is 5.99. The molecule has 5 nitrogen and oxygen atoms in total. The van der Waals surface area contributed by atoms with Crippen LogP contribution >= 0.6 is 0 Å². The molecule has 0 spiro atoms. The lowest BCUT2D eigenvalue weighted by atomic mass is 9.96. The Morgan fingerprint density at radius 3 is 1.97 bits per heavy atom. The number of rotatable bonds is 8. The lowest BCUT2D eigenvalue weighted by Crippen LogP contribution is -2.48. The molecule has 166 valence electrons. The van der Waals surface area contributed by atoms with Crippen LogP contribution in [0, 0.1) is 0 Å². The van der Waals surface area contributed by atoms with Gasteiger partial charge in [-0.1, -0.05) is 72.8 Å². The van der Waals surface area contributed by atoms with E-state index in [-0.39, 0.29) is 11.9 Å². The third-order valence-corrected chi connectivity index (χ3v) is 6.14. The molecule has 4 rings (SSSR count). The van der Waals surface area contributed by atoms with Crippen LogP contribution in [0.25, 0.3) is 0 Å². The summed E-state index contributed by atoms with van der Waals surface area (Å²) in [6.07, 6.45) is 0.930. The van der Waals surface area contributed by atoms with Crippen molar-refractivity contribution in [2.75, 3.05) is 45.0 Å². The van der Waals surface area contributed by atoms with Gasteiger partial charge in [0.25, 0.3) is 5.91 Å². The second-order valence-corrected chi connectivity index (χ2v) is 8.30. The van der Waals surface area contributed by atoms with E-state index in [1.54, 1.807) is 12.1 Å². The molecule has 0 atom stereocenters. The minimum absolute atomic E-state index is 0.0958. The quantitative estimate of drug-likeness (QED) is 0.423. The highest BCUT2D eigenvalue weighted by Gasteiger charge is 2.26. The molecule has 1 heterocycles. The number of nitrogens with one attached hydrogen (secondary N) is 1. The van der Waals surface area contributed by atoms with Gasteiger partial charge in [0.1, 0.15) is 0 Å². The fourth-order valence-corrected chi connectivity index (χ4v) is 4.43. The average molecular weight is 429 g/mol. The molecule has 0 aliphatic carbocycles. The largest absolute Gasteiger partial charge is 0.398 e. The van der Waals surface area contributed by atoms with Gasteiger partial charge in [0.15, 0.2) is 0 Å². The van der Waals surface area contributed by atoms with E-state index in [1.165, 1.54) is 11.1 Å². The number of piperazine rings is 1. The molecule has 1 amide bonds. The van der Waals surface area contributed by atoms with Gasteiger partial charge in [0.2, 0.25) is 0 Å². The molecule has 0 bridgehead atoms. The number of hydrogen-bond acceptors (Lipinski definition) is 4. The Morgan fingerprint density at radius 2 is 1.38 bits per heavy atom. The first-order valence-corrected chi connectivity index (χ1v) is 11.4. The fourth-order valence-electron chi connectivity index (χ4n) is 4.43. The number of carbonyl (C=O) groups is 1. The molecular weight excluding hydrogens is 396 g/mol. The number of nitrogen functional groups attached to an aromatic ring is 1. The molecule has 5 heteroatoms. The maximum absolute atomic E-state index is 12.3. The second kappa shape index (κ2) is 10.9. The van der Waals surface area contributed by atoms with E-state index in [2.05, 4.69) is 75.8 Å². The van der Waals surface area contributed by atoms with Crippen molar-refractivity contribution in [3.63, 3.8) is 0 Å². The molecule has 3 aromatic carbocycles. The number of nitrogens with zero attached hydrogens (tertiary/aromatic N) is 2. The number of amides is 1. The molecule has 1 fully saturated rings. The van der Waals surface area contributed by atoms with E-state index >= 15 is 0 Å². The molecule has 32 heavy (non-hydrogen) atoms. The third-order valence-electron chi connectivity index (χ3n) is 6.14. The molecule has 1 saturated heterocycles. The summed E-state index contributed by atoms with van der Waals surface area (Å²) in [4.78, 5) is 17.4. The zero-order valence-corrected chi connectivity index (χ0v) is 18.5. The summed E-state index contributed by atoms with van der Waals surface area (Å²) >= 11 is 0. The van der Waals surface area contributed by atoms with Gasteiger partial charge in [-0.2, -0.15) is 0 Å². The van der Waals surface area contributed by atoms with Gasteiger partial charge in [-0.05, 0) is 36.2 Å². The van der Waals surface area contributed by atoms with Gasteiger partial charge in [-0.25, -0.2) is 0 Å². The molecule has 0 saturated carbocycles. The Bertz CT molecular complexity index is 945. The number of carbonyl (C=O) groups excluding carboxylic acids is 1. The van der Waals surface area contributed by atoms with Gasteiger partial charge >= 0.3 is 0 Å². The highest BCUT2D eigenvalue weighted by Crippen LogP contribution is 2.29. The van der Waals surface area contributed by atoms with E-state index < -0.39 is 0 Å². The van der Waals surface area contributed by atoms with E-state index in [1.807, 2.05) is 12.1 Å². The Labute approximate surface area is 190 Å². The van der Waals surface area contributed by atoms with Crippen molar-refractivity contribution < 1.29 is 4.79 Å². The van der Waals surface area contributed by atoms with Crippen LogP contribution in [-0.4, -0.2) is 55.0 Å². The number of nitrogens with two attached hydrogens (primary N) is 1. The highest BCUT2D eigenvalue weighted by atomic mass is 16.1.